The maximum atomic E-state index is 11.2. The molecule has 0 aliphatic rings. The lowest BCUT2D eigenvalue weighted by molar-refractivity contribution is -0.148. The Morgan fingerprint density at radius 1 is 1.08 bits per heavy atom. The SMILES string of the molecule is C=C(C)C(=O)OCC(O)COC(C)CC(O)CC(CC)OC(C)=O. The van der Waals surface area contributed by atoms with E-state index < -0.39 is 18.2 Å². The number of aliphatic hydroxyl groups excluding tert-OH is 2. The molecule has 0 heterocycles. The molecule has 24 heavy (non-hydrogen) atoms. The minimum atomic E-state index is -0.947. The number of ether oxygens (including phenoxy) is 3. The zero-order chi connectivity index (χ0) is 18.7. The molecule has 0 bridgehead atoms. The Morgan fingerprint density at radius 2 is 1.71 bits per heavy atom. The quantitative estimate of drug-likeness (QED) is 0.406. The van der Waals surface area contributed by atoms with Gasteiger partial charge in [-0.2, -0.15) is 0 Å². The van der Waals surface area contributed by atoms with Gasteiger partial charge in [0.05, 0.1) is 18.8 Å². The summed E-state index contributed by atoms with van der Waals surface area (Å²) in [6.07, 6.45) is -0.949. The van der Waals surface area contributed by atoms with Gasteiger partial charge in [0.25, 0.3) is 0 Å². The third kappa shape index (κ3) is 11.2. The molecule has 0 aliphatic heterocycles. The van der Waals surface area contributed by atoms with E-state index in [0.717, 1.165) is 0 Å². The monoisotopic (exact) mass is 346 g/mol. The molecule has 0 saturated carbocycles. The summed E-state index contributed by atoms with van der Waals surface area (Å²) in [7, 11) is 0. The van der Waals surface area contributed by atoms with Gasteiger partial charge in [-0.05, 0) is 26.7 Å². The van der Waals surface area contributed by atoms with Crippen LogP contribution in [0.5, 0.6) is 0 Å². The Bertz CT molecular complexity index is 408. The van der Waals surface area contributed by atoms with Gasteiger partial charge in [0.1, 0.15) is 18.8 Å². The van der Waals surface area contributed by atoms with Gasteiger partial charge < -0.3 is 24.4 Å². The molecule has 0 aromatic carbocycles. The van der Waals surface area contributed by atoms with Crippen LogP contribution in [0, 0.1) is 0 Å². The molecule has 0 saturated heterocycles. The Labute approximate surface area is 143 Å². The second-order valence-corrected chi connectivity index (χ2v) is 5.94. The first kappa shape index (κ1) is 22.6. The highest BCUT2D eigenvalue weighted by atomic mass is 16.6. The normalized spacial score (nSPS) is 15.9. The highest BCUT2D eigenvalue weighted by Crippen LogP contribution is 2.13. The van der Waals surface area contributed by atoms with Gasteiger partial charge in [-0.1, -0.05) is 13.5 Å². The molecule has 7 heteroatoms. The van der Waals surface area contributed by atoms with Crippen molar-refractivity contribution in [1.29, 1.82) is 0 Å². The largest absolute Gasteiger partial charge is 0.462 e. The zero-order valence-electron chi connectivity index (χ0n) is 15.0. The summed E-state index contributed by atoms with van der Waals surface area (Å²) in [6.45, 7) is 9.75. The molecule has 0 fully saturated rings. The fraction of sp³-hybridized carbons (Fsp3) is 0.765. The molecule has 0 aliphatic carbocycles. The van der Waals surface area contributed by atoms with Crippen molar-refractivity contribution in [3.63, 3.8) is 0 Å². The van der Waals surface area contributed by atoms with Crippen molar-refractivity contribution in [3.8, 4) is 0 Å². The van der Waals surface area contributed by atoms with E-state index in [9.17, 15) is 19.8 Å². The lowest BCUT2D eigenvalue weighted by atomic mass is 10.0. The first-order chi connectivity index (χ1) is 11.1. The lowest BCUT2D eigenvalue weighted by Gasteiger charge is -2.22. The van der Waals surface area contributed by atoms with Gasteiger partial charge in [0.15, 0.2) is 0 Å². The van der Waals surface area contributed by atoms with Crippen molar-refractivity contribution in [3.05, 3.63) is 12.2 Å². The van der Waals surface area contributed by atoms with Gasteiger partial charge in [-0.3, -0.25) is 4.79 Å². The maximum absolute atomic E-state index is 11.2. The summed E-state index contributed by atoms with van der Waals surface area (Å²) in [5, 5.41) is 19.7. The van der Waals surface area contributed by atoms with Crippen molar-refractivity contribution >= 4 is 11.9 Å². The molecule has 0 amide bonds. The minimum Gasteiger partial charge on any atom is -0.462 e. The van der Waals surface area contributed by atoms with E-state index in [2.05, 4.69) is 6.58 Å². The second kappa shape index (κ2) is 12.0. The van der Waals surface area contributed by atoms with Crippen LogP contribution in [0.4, 0.5) is 0 Å². The van der Waals surface area contributed by atoms with Gasteiger partial charge in [0.2, 0.25) is 0 Å². The van der Waals surface area contributed by atoms with Crippen LogP contribution in [0.15, 0.2) is 12.2 Å². The standard InChI is InChI=1S/C17H30O7/c1-6-16(24-13(5)18)8-14(19)7-12(4)22-9-15(20)10-23-17(21)11(2)3/h12,14-16,19-20H,2,6-10H2,1,3-5H3. The lowest BCUT2D eigenvalue weighted by Crippen LogP contribution is -2.29. The van der Waals surface area contributed by atoms with E-state index in [1.807, 2.05) is 6.92 Å². The summed E-state index contributed by atoms with van der Waals surface area (Å²) in [5.41, 5.74) is 0.262. The number of rotatable bonds is 12. The van der Waals surface area contributed by atoms with E-state index >= 15 is 0 Å². The highest BCUT2D eigenvalue weighted by Gasteiger charge is 2.19. The Balaban J connectivity index is 4.02. The number of carbonyl (C=O) groups excluding carboxylic acids is 2. The molecule has 0 aromatic rings. The Kier molecular flexibility index (Phi) is 11.3. The van der Waals surface area contributed by atoms with Crippen molar-refractivity contribution in [2.75, 3.05) is 13.2 Å². The summed E-state index contributed by atoms with van der Waals surface area (Å²) in [6, 6.07) is 0. The Hall–Kier alpha value is -1.44. The van der Waals surface area contributed by atoms with Crippen molar-refractivity contribution in [2.45, 2.75) is 71.4 Å². The second-order valence-electron chi connectivity index (χ2n) is 5.94. The van der Waals surface area contributed by atoms with E-state index in [4.69, 9.17) is 14.2 Å². The molecule has 140 valence electrons. The van der Waals surface area contributed by atoms with Gasteiger partial charge in [0, 0.05) is 18.9 Å². The van der Waals surface area contributed by atoms with Crippen LogP contribution in [0.3, 0.4) is 0 Å². The molecule has 0 radical (unpaired) electrons. The number of hydrogen-bond donors (Lipinski definition) is 2. The van der Waals surface area contributed by atoms with Crippen LogP contribution in [0.25, 0.3) is 0 Å². The molecule has 0 rings (SSSR count). The third-order valence-electron chi connectivity index (χ3n) is 3.26. The third-order valence-corrected chi connectivity index (χ3v) is 3.26. The average molecular weight is 346 g/mol. The van der Waals surface area contributed by atoms with Crippen molar-refractivity contribution < 1.29 is 34.0 Å². The number of esters is 2. The van der Waals surface area contributed by atoms with Crippen LogP contribution >= 0.6 is 0 Å². The van der Waals surface area contributed by atoms with E-state index in [-0.39, 0.29) is 37.0 Å². The molecule has 4 atom stereocenters. The van der Waals surface area contributed by atoms with Gasteiger partial charge in [-0.25, -0.2) is 4.79 Å². The fourth-order valence-electron chi connectivity index (χ4n) is 2.00. The van der Waals surface area contributed by atoms with Crippen molar-refractivity contribution in [1.82, 2.24) is 0 Å². The molecular weight excluding hydrogens is 316 g/mol. The average Bonchev–Trinajstić information content (AvgIpc) is 2.48. The van der Waals surface area contributed by atoms with E-state index in [1.54, 1.807) is 6.92 Å². The first-order valence-electron chi connectivity index (χ1n) is 8.13. The number of carbonyl (C=O) groups is 2. The predicted octanol–water partition coefficient (Wildman–Crippen LogP) is 1.35. The van der Waals surface area contributed by atoms with Crippen LogP contribution < -0.4 is 0 Å². The first-order valence-corrected chi connectivity index (χ1v) is 8.13. The molecule has 2 N–H and O–H groups in total. The zero-order valence-corrected chi connectivity index (χ0v) is 15.0. The molecule has 4 unspecified atom stereocenters. The fourth-order valence-corrected chi connectivity index (χ4v) is 2.00. The van der Waals surface area contributed by atoms with Crippen LogP contribution in [0.1, 0.15) is 47.0 Å². The van der Waals surface area contributed by atoms with E-state index in [1.165, 1.54) is 13.8 Å². The number of hydrogen-bond acceptors (Lipinski definition) is 7. The van der Waals surface area contributed by atoms with Crippen LogP contribution in [-0.2, 0) is 23.8 Å². The van der Waals surface area contributed by atoms with Gasteiger partial charge >= 0.3 is 11.9 Å². The van der Waals surface area contributed by atoms with Crippen LogP contribution in [-0.4, -0.2) is 59.8 Å². The number of aliphatic hydroxyl groups is 2. The molecule has 0 spiro atoms. The van der Waals surface area contributed by atoms with E-state index in [0.29, 0.717) is 19.3 Å². The summed E-state index contributed by atoms with van der Waals surface area (Å²) in [5.74, 6) is -0.931. The summed E-state index contributed by atoms with van der Waals surface area (Å²) in [4.78, 5) is 22.1. The van der Waals surface area contributed by atoms with Gasteiger partial charge in [-0.15, -0.1) is 0 Å². The smallest absolute Gasteiger partial charge is 0.333 e. The Morgan fingerprint density at radius 3 is 2.21 bits per heavy atom. The predicted molar refractivity (Wildman–Crippen MR) is 88.3 cm³/mol. The maximum Gasteiger partial charge on any atom is 0.333 e. The topological polar surface area (TPSA) is 102 Å². The summed E-state index contributed by atoms with van der Waals surface area (Å²) < 4.78 is 15.3. The molecular formula is C17H30O7. The summed E-state index contributed by atoms with van der Waals surface area (Å²) >= 11 is 0. The molecule has 0 aromatic heterocycles. The highest BCUT2D eigenvalue weighted by molar-refractivity contribution is 5.86. The minimum absolute atomic E-state index is 0.0154. The van der Waals surface area contributed by atoms with Crippen molar-refractivity contribution in [2.24, 2.45) is 0 Å². The van der Waals surface area contributed by atoms with Crippen LogP contribution in [0.2, 0.25) is 0 Å². The molecule has 7 nitrogen and oxygen atoms in total.